The van der Waals surface area contributed by atoms with Crippen molar-refractivity contribution in [1.29, 1.82) is 0 Å². The minimum atomic E-state index is -1.12. The Morgan fingerprint density at radius 2 is 1.79 bits per heavy atom. The minimum Gasteiger partial charge on any atom is -0.479 e. The van der Waals surface area contributed by atoms with Crippen LogP contribution in [0.4, 0.5) is 0 Å². The molecule has 5 nitrogen and oxygen atoms in total. The molecule has 1 aromatic heterocycles. The third-order valence-electron chi connectivity index (χ3n) is 2.53. The van der Waals surface area contributed by atoms with E-state index in [0.29, 0.717) is 23.4 Å². The molecule has 0 saturated heterocycles. The Hall–Kier alpha value is -1.91. The van der Waals surface area contributed by atoms with Crippen LogP contribution >= 0.6 is 0 Å². The largest absolute Gasteiger partial charge is 0.479 e. The van der Waals surface area contributed by atoms with Crippen molar-refractivity contribution in [2.75, 3.05) is 0 Å². The number of rotatable bonds is 5. The summed E-state index contributed by atoms with van der Waals surface area (Å²) < 4.78 is 5.05. The van der Waals surface area contributed by atoms with Crippen LogP contribution in [0.3, 0.4) is 0 Å². The van der Waals surface area contributed by atoms with Crippen LogP contribution in [0.2, 0.25) is 0 Å². The quantitative estimate of drug-likeness (QED) is 0.827. The number of nitrogens with zero attached hydrogens (tertiary/aromatic N) is 1. The Morgan fingerprint density at radius 3 is 2.21 bits per heavy atom. The number of pyridine rings is 1. The van der Waals surface area contributed by atoms with E-state index in [0.717, 1.165) is 0 Å². The number of aromatic nitrogens is 1. The van der Waals surface area contributed by atoms with Crippen molar-refractivity contribution in [3.8, 4) is 0 Å². The van der Waals surface area contributed by atoms with E-state index in [9.17, 15) is 9.59 Å². The predicted molar refractivity (Wildman–Crippen MR) is 70.0 cm³/mol. The highest BCUT2D eigenvalue weighted by Crippen LogP contribution is 2.13. The van der Waals surface area contributed by atoms with Gasteiger partial charge in [-0.3, -0.25) is 4.98 Å². The van der Waals surface area contributed by atoms with E-state index in [1.165, 1.54) is 0 Å². The van der Waals surface area contributed by atoms with Gasteiger partial charge in [0.15, 0.2) is 6.10 Å². The number of carboxylic acids is 1. The summed E-state index contributed by atoms with van der Waals surface area (Å²) >= 11 is 0. The number of carboxylic acid groups (broad SMARTS) is 1. The average Bonchev–Trinajstić information content (AvgIpc) is 2.25. The summed E-state index contributed by atoms with van der Waals surface area (Å²) in [4.78, 5) is 27.1. The van der Waals surface area contributed by atoms with E-state index < -0.39 is 18.0 Å². The van der Waals surface area contributed by atoms with E-state index >= 15 is 0 Å². The highest BCUT2D eigenvalue weighted by atomic mass is 16.6. The van der Waals surface area contributed by atoms with Gasteiger partial charge in [0.1, 0.15) is 0 Å². The first kappa shape index (κ1) is 15.1. The first-order chi connectivity index (χ1) is 8.79. The Morgan fingerprint density at radius 1 is 1.26 bits per heavy atom. The number of carbonyl (C=O) groups excluding carboxylic acids is 1. The summed E-state index contributed by atoms with van der Waals surface area (Å²) in [6.07, 6.45) is -0.814. The maximum absolute atomic E-state index is 11.9. The van der Waals surface area contributed by atoms with Gasteiger partial charge in [-0.1, -0.05) is 13.8 Å². The minimum absolute atomic E-state index is 0.134. The molecule has 0 fully saturated rings. The van der Waals surface area contributed by atoms with E-state index in [1.807, 2.05) is 13.8 Å². The molecule has 1 N–H and O–H groups in total. The molecule has 1 atom stereocenters. The van der Waals surface area contributed by atoms with Crippen molar-refractivity contribution in [3.05, 3.63) is 29.1 Å². The normalized spacial score (nSPS) is 12.3. The molecule has 0 saturated carbocycles. The van der Waals surface area contributed by atoms with Crippen LogP contribution in [-0.4, -0.2) is 28.1 Å². The van der Waals surface area contributed by atoms with Gasteiger partial charge in [-0.2, -0.15) is 0 Å². The van der Waals surface area contributed by atoms with Crippen molar-refractivity contribution in [2.24, 2.45) is 5.92 Å². The zero-order valence-corrected chi connectivity index (χ0v) is 11.6. The average molecular weight is 265 g/mol. The molecule has 104 valence electrons. The van der Waals surface area contributed by atoms with Crippen molar-refractivity contribution in [2.45, 2.75) is 40.2 Å². The third-order valence-corrected chi connectivity index (χ3v) is 2.53. The molecular weight excluding hydrogens is 246 g/mol. The number of aryl methyl sites for hydroxylation is 2. The fourth-order valence-electron chi connectivity index (χ4n) is 1.78. The van der Waals surface area contributed by atoms with Crippen LogP contribution in [0.15, 0.2) is 12.1 Å². The standard InChI is InChI=1S/C14H19NO4/c1-8(2)5-12(13(16)17)19-14(18)11-6-9(3)15-10(4)7-11/h6-8,12H,5H2,1-4H3,(H,16,17). The number of hydrogen-bond donors (Lipinski definition) is 1. The molecule has 0 aliphatic carbocycles. The van der Waals surface area contributed by atoms with E-state index in [4.69, 9.17) is 9.84 Å². The molecule has 1 aromatic rings. The highest BCUT2D eigenvalue weighted by molar-refractivity contribution is 5.91. The second kappa shape index (κ2) is 6.31. The van der Waals surface area contributed by atoms with Crippen LogP contribution in [0.25, 0.3) is 0 Å². The van der Waals surface area contributed by atoms with Gasteiger partial charge in [0.05, 0.1) is 5.56 Å². The van der Waals surface area contributed by atoms with E-state index in [-0.39, 0.29) is 5.92 Å². The topological polar surface area (TPSA) is 76.5 Å². The Labute approximate surface area is 112 Å². The van der Waals surface area contributed by atoms with Gasteiger partial charge in [-0.15, -0.1) is 0 Å². The smallest absolute Gasteiger partial charge is 0.345 e. The Balaban J connectivity index is 2.84. The molecule has 0 aromatic carbocycles. The fraction of sp³-hybridized carbons (Fsp3) is 0.500. The Kier molecular flexibility index (Phi) is 5.03. The van der Waals surface area contributed by atoms with Gasteiger partial charge < -0.3 is 9.84 Å². The molecule has 0 spiro atoms. The zero-order chi connectivity index (χ0) is 14.6. The summed E-state index contributed by atoms with van der Waals surface area (Å²) in [5, 5.41) is 9.04. The summed E-state index contributed by atoms with van der Waals surface area (Å²) in [7, 11) is 0. The van der Waals surface area contributed by atoms with Crippen LogP contribution in [0.5, 0.6) is 0 Å². The third kappa shape index (κ3) is 4.69. The predicted octanol–water partition coefficient (Wildman–Crippen LogP) is 2.35. The monoisotopic (exact) mass is 265 g/mol. The summed E-state index contributed by atoms with van der Waals surface area (Å²) in [6.45, 7) is 7.30. The SMILES string of the molecule is Cc1cc(C(=O)OC(CC(C)C)C(=O)O)cc(C)n1. The van der Waals surface area contributed by atoms with Gasteiger partial charge in [0.25, 0.3) is 0 Å². The summed E-state index contributed by atoms with van der Waals surface area (Å²) in [5.41, 5.74) is 1.73. The molecule has 1 rings (SSSR count). The number of carbonyl (C=O) groups is 2. The van der Waals surface area contributed by atoms with Crippen LogP contribution in [0.1, 0.15) is 42.0 Å². The number of aliphatic carboxylic acids is 1. The lowest BCUT2D eigenvalue weighted by Gasteiger charge is -2.15. The van der Waals surface area contributed by atoms with Crippen LogP contribution < -0.4 is 0 Å². The molecule has 1 unspecified atom stereocenters. The summed E-state index contributed by atoms with van der Waals surface area (Å²) in [5.74, 6) is -1.61. The molecule has 0 amide bonds. The molecule has 5 heteroatoms. The molecule has 0 radical (unpaired) electrons. The van der Waals surface area contributed by atoms with Crippen LogP contribution in [0, 0.1) is 19.8 Å². The lowest BCUT2D eigenvalue weighted by atomic mass is 10.1. The molecule has 0 aliphatic rings. The first-order valence-corrected chi connectivity index (χ1v) is 6.18. The molecular formula is C14H19NO4. The highest BCUT2D eigenvalue weighted by Gasteiger charge is 2.24. The van der Waals surface area contributed by atoms with Crippen LogP contribution in [-0.2, 0) is 9.53 Å². The van der Waals surface area contributed by atoms with Crippen molar-refractivity contribution < 1.29 is 19.4 Å². The fourth-order valence-corrected chi connectivity index (χ4v) is 1.78. The lowest BCUT2D eigenvalue weighted by Crippen LogP contribution is -2.28. The van der Waals surface area contributed by atoms with Gasteiger partial charge in [-0.25, -0.2) is 9.59 Å². The van der Waals surface area contributed by atoms with Gasteiger partial charge >= 0.3 is 11.9 Å². The maximum atomic E-state index is 11.9. The zero-order valence-electron chi connectivity index (χ0n) is 11.6. The van der Waals surface area contributed by atoms with Crippen molar-refractivity contribution in [1.82, 2.24) is 4.98 Å². The second-order valence-corrected chi connectivity index (χ2v) is 5.00. The van der Waals surface area contributed by atoms with Crippen molar-refractivity contribution in [3.63, 3.8) is 0 Å². The number of esters is 1. The molecule has 19 heavy (non-hydrogen) atoms. The van der Waals surface area contributed by atoms with E-state index in [2.05, 4.69) is 4.98 Å². The lowest BCUT2D eigenvalue weighted by molar-refractivity contribution is -0.148. The summed E-state index contributed by atoms with van der Waals surface area (Å²) in [6, 6.07) is 3.17. The van der Waals surface area contributed by atoms with Gasteiger partial charge in [0.2, 0.25) is 0 Å². The van der Waals surface area contributed by atoms with Gasteiger partial charge in [0, 0.05) is 11.4 Å². The van der Waals surface area contributed by atoms with E-state index in [1.54, 1.807) is 26.0 Å². The van der Waals surface area contributed by atoms with Gasteiger partial charge in [-0.05, 0) is 38.3 Å². The molecule has 0 aliphatic heterocycles. The Bertz CT molecular complexity index is 462. The first-order valence-electron chi connectivity index (χ1n) is 6.18. The number of hydrogen-bond acceptors (Lipinski definition) is 4. The second-order valence-electron chi connectivity index (χ2n) is 5.00. The maximum Gasteiger partial charge on any atom is 0.345 e. The van der Waals surface area contributed by atoms with Crippen molar-refractivity contribution >= 4 is 11.9 Å². The number of ether oxygens (including phenoxy) is 1. The molecule has 1 heterocycles. The molecule has 0 bridgehead atoms.